The molecule has 0 radical (unpaired) electrons. The van der Waals surface area contributed by atoms with Crippen LogP contribution in [0, 0.1) is 3.57 Å². The van der Waals surface area contributed by atoms with Crippen molar-refractivity contribution in [3.8, 4) is 11.3 Å². The van der Waals surface area contributed by atoms with Gasteiger partial charge in [-0.2, -0.15) is 0 Å². The molecule has 2 rings (SSSR count). The van der Waals surface area contributed by atoms with Gasteiger partial charge in [-0.15, -0.1) is 0 Å². The standard InChI is InChI=1S/C10H8BrIN2O/c11-6-1-2-8(12)7(3-6)10-9(4-13)14-5-15-10/h1-3,5H,4,13H2. The third-order valence-corrected chi connectivity index (χ3v) is 3.44. The molecule has 0 bridgehead atoms. The molecule has 0 fully saturated rings. The van der Waals surface area contributed by atoms with Gasteiger partial charge in [0.05, 0.1) is 0 Å². The van der Waals surface area contributed by atoms with Crippen molar-refractivity contribution in [2.45, 2.75) is 6.54 Å². The summed E-state index contributed by atoms with van der Waals surface area (Å²) in [7, 11) is 0. The molecular weight excluding hydrogens is 371 g/mol. The predicted molar refractivity (Wildman–Crippen MR) is 70.2 cm³/mol. The Bertz CT molecular complexity index is 484. The summed E-state index contributed by atoms with van der Waals surface area (Å²) >= 11 is 5.69. The van der Waals surface area contributed by atoms with E-state index in [-0.39, 0.29) is 0 Å². The minimum absolute atomic E-state index is 0.383. The lowest BCUT2D eigenvalue weighted by molar-refractivity contribution is 0.570. The molecule has 1 aromatic carbocycles. The highest BCUT2D eigenvalue weighted by molar-refractivity contribution is 14.1. The van der Waals surface area contributed by atoms with Crippen molar-refractivity contribution in [1.82, 2.24) is 4.98 Å². The number of rotatable bonds is 2. The zero-order chi connectivity index (χ0) is 10.8. The summed E-state index contributed by atoms with van der Waals surface area (Å²) in [5, 5.41) is 0. The largest absolute Gasteiger partial charge is 0.443 e. The van der Waals surface area contributed by atoms with E-state index in [0.717, 1.165) is 25.1 Å². The van der Waals surface area contributed by atoms with Gasteiger partial charge in [0.25, 0.3) is 0 Å². The van der Waals surface area contributed by atoms with E-state index in [4.69, 9.17) is 10.2 Å². The van der Waals surface area contributed by atoms with Crippen LogP contribution in [0.25, 0.3) is 11.3 Å². The quantitative estimate of drug-likeness (QED) is 0.816. The number of nitrogens with two attached hydrogens (primary N) is 1. The molecule has 0 saturated carbocycles. The van der Waals surface area contributed by atoms with Crippen LogP contribution >= 0.6 is 38.5 Å². The highest BCUT2D eigenvalue weighted by atomic mass is 127. The molecule has 0 aliphatic heterocycles. The molecular formula is C10H8BrIN2O. The van der Waals surface area contributed by atoms with Crippen LogP contribution in [0.5, 0.6) is 0 Å². The molecule has 1 aromatic heterocycles. The third-order valence-electron chi connectivity index (χ3n) is 2.01. The first-order valence-corrected chi connectivity index (χ1v) is 6.17. The van der Waals surface area contributed by atoms with Crippen molar-refractivity contribution in [1.29, 1.82) is 0 Å². The van der Waals surface area contributed by atoms with Crippen molar-refractivity contribution >= 4 is 38.5 Å². The van der Waals surface area contributed by atoms with Crippen LogP contribution in [0.1, 0.15) is 5.69 Å². The second kappa shape index (κ2) is 4.63. The molecule has 3 nitrogen and oxygen atoms in total. The first kappa shape index (κ1) is 11.1. The number of nitrogens with zero attached hydrogens (tertiary/aromatic N) is 1. The van der Waals surface area contributed by atoms with E-state index in [2.05, 4.69) is 43.5 Å². The molecule has 1 heterocycles. The Morgan fingerprint density at radius 1 is 1.47 bits per heavy atom. The summed E-state index contributed by atoms with van der Waals surface area (Å²) in [5.74, 6) is 0.753. The summed E-state index contributed by atoms with van der Waals surface area (Å²) in [6.45, 7) is 0.383. The van der Waals surface area contributed by atoms with Crippen molar-refractivity contribution in [2.75, 3.05) is 0 Å². The number of aromatic nitrogens is 1. The van der Waals surface area contributed by atoms with E-state index in [0.29, 0.717) is 6.54 Å². The van der Waals surface area contributed by atoms with Gasteiger partial charge in [-0.1, -0.05) is 15.9 Å². The Balaban J connectivity index is 2.58. The molecule has 0 atom stereocenters. The van der Waals surface area contributed by atoms with E-state index in [9.17, 15) is 0 Å². The molecule has 78 valence electrons. The normalized spacial score (nSPS) is 10.6. The summed E-state index contributed by atoms with van der Waals surface area (Å²) in [4.78, 5) is 4.07. The first-order chi connectivity index (χ1) is 7.22. The average Bonchev–Trinajstić information content (AvgIpc) is 2.69. The monoisotopic (exact) mass is 378 g/mol. The maximum absolute atomic E-state index is 5.58. The lowest BCUT2D eigenvalue weighted by Crippen LogP contribution is -1.98. The van der Waals surface area contributed by atoms with Gasteiger partial charge in [-0.3, -0.25) is 0 Å². The van der Waals surface area contributed by atoms with E-state index < -0.39 is 0 Å². The fourth-order valence-electron chi connectivity index (χ4n) is 1.31. The zero-order valence-electron chi connectivity index (χ0n) is 7.71. The Morgan fingerprint density at radius 3 is 3.00 bits per heavy atom. The fraction of sp³-hybridized carbons (Fsp3) is 0.100. The van der Waals surface area contributed by atoms with Crippen molar-refractivity contribution in [3.63, 3.8) is 0 Å². The van der Waals surface area contributed by atoms with E-state index in [1.54, 1.807) is 0 Å². The van der Waals surface area contributed by atoms with Gasteiger partial charge in [0, 0.05) is 20.2 Å². The van der Waals surface area contributed by atoms with Gasteiger partial charge >= 0.3 is 0 Å². The SMILES string of the molecule is NCc1ncoc1-c1cc(Br)ccc1I. The van der Waals surface area contributed by atoms with Crippen LogP contribution in [0.3, 0.4) is 0 Å². The number of oxazole rings is 1. The van der Waals surface area contributed by atoms with Gasteiger partial charge in [0.1, 0.15) is 5.69 Å². The van der Waals surface area contributed by atoms with Gasteiger partial charge in [0.15, 0.2) is 12.2 Å². The fourth-order valence-corrected chi connectivity index (χ4v) is 2.25. The van der Waals surface area contributed by atoms with Gasteiger partial charge in [-0.05, 0) is 40.8 Å². The molecule has 0 saturated heterocycles. The highest BCUT2D eigenvalue weighted by Crippen LogP contribution is 2.30. The maximum Gasteiger partial charge on any atom is 0.181 e. The van der Waals surface area contributed by atoms with Crippen molar-refractivity contribution < 1.29 is 4.42 Å². The second-order valence-corrected chi connectivity index (χ2v) is 5.03. The lowest BCUT2D eigenvalue weighted by atomic mass is 10.1. The Hall–Kier alpha value is -0.400. The second-order valence-electron chi connectivity index (χ2n) is 2.96. The minimum atomic E-state index is 0.383. The van der Waals surface area contributed by atoms with Crippen molar-refractivity contribution in [3.05, 3.63) is 38.3 Å². The van der Waals surface area contributed by atoms with E-state index in [1.165, 1.54) is 6.39 Å². The number of halogens is 2. The molecule has 0 spiro atoms. The van der Waals surface area contributed by atoms with Crippen LogP contribution in [0.2, 0.25) is 0 Å². The summed E-state index contributed by atoms with van der Waals surface area (Å²) in [6.07, 6.45) is 1.43. The maximum atomic E-state index is 5.58. The lowest BCUT2D eigenvalue weighted by Gasteiger charge is -2.03. The molecule has 0 amide bonds. The predicted octanol–water partition coefficient (Wildman–Crippen LogP) is 3.17. The average molecular weight is 379 g/mol. The first-order valence-electron chi connectivity index (χ1n) is 4.30. The molecule has 5 heteroatoms. The molecule has 2 aromatic rings. The summed E-state index contributed by atoms with van der Waals surface area (Å²) in [6, 6.07) is 6.01. The zero-order valence-corrected chi connectivity index (χ0v) is 11.4. The van der Waals surface area contributed by atoms with Crippen LogP contribution < -0.4 is 5.73 Å². The molecule has 0 aliphatic rings. The van der Waals surface area contributed by atoms with Crippen LogP contribution in [-0.2, 0) is 6.54 Å². The topological polar surface area (TPSA) is 52.0 Å². The van der Waals surface area contributed by atoms with Gasteiger partial charge in [-0.25, -0.2) is 4.98 Å². The number of hydrogen-bond acceptors (Lipinski definition) is 3. The molecule has 2 N–H and O–H groups in total. The summed E-state index contributed by atoms with van der Waals surface area (Å²) in [5.41, 5.74) is 7.38. The van der Waals surface area contributed by atoms with E-state index >= 15 is 0 Å². The molecule has 0 aliphatic carbocycles. The van der Waals surface area contributed by atoms with Crippen LogP contribution in [0.15, 0.2) is 33.5 Å². The molecule has 0 unspecified atom stereocenters. The summed E-state index contributed by atoms with van der Waals surface area (Å²) < 4.78 is 7.49. The Kier molecular flexibility index (Phi) is 3.42. The Morgan fingerprint density at radius 2 is 2.27 bits per heavy atom. The van der Waals surface area contributed by atoms with Crippen LogP contribution in [0.4, 0.5) is 0 Å². The third kappa shape index (κ3) is 2.24. The number of benzene rings is 1. The van der Waals surface area contributed by atoms with Crippen LogP contribution in [-0.4, -0.2) is 4.98 Å². The van der Waals surface area contributed by atoms with E-state index in [1.807, 2.05) is 18.2 Å². The number of hydrogen-bond donors (Lipinski definition) is 1. The van der Waals surface area contributed by atoms with Crippen molar-refractivity contribution in [2.24, 2.45) is 5.73 Å². The van der Waals surface area contributed by atoms with Gasteiger partial charge < -0.3 is 10.2 Å². The minimum Gasteiger partial charge on any atom is -0.443 e. The Labute approximate surface area is 109 Å². The molecule has 15 heavy (non-hydrogen) atoms. The van der Waals surface area contributed by atoms with Gasteiger partial charge in [0.2, 0.25) is 0 Å². The highest BCUT2D eigenvalue weighted by Gasteiger charge is 2.12. The smallest absolute Gasteiger partial charge is 0.181 e.